The number of likely N-dealkylation sites (N-methyl/N-ethyl adjacent to an activating group) is 1. The first-order valence-electron chi connectivity index (χ1n) is 12.7. The lowest BCUT2D eigenvalue weighted by Gasteiger charge is -2.37. The number of methoxy groups -OCH3 is 1. The van der Waals surface area contributed by atoms with Crippen LogP contribution in [-0.4, -0.2) is 59.7 Å². The van der Waals surface area contributed by atoms with Gasteiger partial charge in [0.1, 0.15) is 12.1 Å². The van der Waals surface area contributed by atoms with Crippen LogP contribution in [0.15, 0.2) is 36.7 Å². The minimum Gasteiger partial charge on any atom is -0.493 e. The Morgan fingerprint density at radius 2 is 1.95 bits per heavy atom. The number of aromatic nitrogens is 2. The molecular formula is C27H31ClFN5O3. The molecule has 1 amide bonds. The Kier molecular flexibility index (Phi) is 7.62. The fourth-order valence-electron chi connectivity index (χ4n) is 5.49. The molecule has 2 fully saturated rings. The van der Waals surface area contributed by atoms with E-state index in [0.717, 1.165) is 45.1 Å². The van der Waals surface area contributed by atoms with Crippen LogP contribution < -0.4 is 20.1 Å². The highest BCUT2D eigenvalue weighted by Gasteiger charge is 2.37. The maximum absolute atomic E-state index is 14.5. The summed E-state index contributed by atoms with van der Waals surface area (Å²) < 4.78 is 26.6. The number of likely N-dealkylation sites (tertiary alicyclic amines) is 1. The first-order valence-corrected chi connectivity index (χ1v) is 13.0. The van der Waals surface area contributed by atoms with Crippen LogP contribution in [0, 0.1) is 5.82 Å². The van der Waals surface area contributed by atoms with Gasteiger partial charge in [-0.25, -0.2) is 14.4 Å². The summed E-state index contributed by atoms with van der Waals surface area (Å²) >= 11 is 5.95. The third-order valence-electron chi connectivity index (χ3n) is 7.38. The molecule has 8 nitrogen and oxygen atoms in total. The average Bonchev–Trinajstić information content (AvgIpc) is 3.41. The molecule has 0 radical (unpaired) electrons. The van der Waals surface area contributed by atoms with E-state index in [1.807, 2.05) is 6.07 Å². The number of nitrogens with one attached hydrogen (secondary N) is 2. The van der Waals surface area contributed by atoms with Gasteiger partial charge in [-0.3, -0.25) is 9.69 Å². The topological polar surface area (TPSA) is 88.6 Å². The molecule has 2 aromatic carbocycles. The van der Waals surface area contributed by atoms with Crippen molar-refractivity contribution < 1.29 is 18.7 Å². The molecular weight excluding hydrogens is 497 g/mol. The van der Waals surface area contributed by atoms with Crippen molar-refractivity contribution in [3.05, 3.63) is 47.5 Å². The van der Waals surface area contributed by atoms with E-state index in [9.17, 15) is 9.18 Å². The third kappa shape index (κ3) is 5.29. The average molecular weight is 528 g/mol. The zero-order valence-corrected chi connectivity index (χ0v) is 21.7. The summed E-state index contributed by atoms with van der Waals surface area (Å²) in [7, 11) is 3.30. The Morgan fingerprint density at radius 3 is 2.70 bits per heavy atom. The highest BCUT2D eigenvalue weighted by atomic mass is 35.5. The minimum absolute atomic E-state index is 0.0232. The molecule has 1 saturated heterocycles. The maximum Gasteiger partial charge on any atom is 0.237 e. The second kappa shape index (κ2) is 11.1. The van der Waals surface area contributed by atoms with E-state index in [1.54, 1.807) is 32.4 Å². The minimum atomic E-state index is -0.547. The van der Waals surface area contributed by atoms with Gasteiger partial charge >= 0.3 is 0 Å². The molecule has 2 aliphatic rings. The van der Waals surface area contributed by atoms with E-state index in [4.69, 9.17) is 21.1 Å². The predicted molar refractivity (Wildman–Crippen MR) is 141 cm³/mol. The largest absolute Gasteiger partial charge is 0.493 e. The number of rotatable bonds is 7. The van der Waals surface area contributed by atoms with Gasteiger partial charge in [0.2, 0.25) is 5.91 Å². The summed E-state index contributed by atoms with van der Waals surface area (Å²) in [6.45, 7) is 0.968. The number of ether oxygens (including phenoxy) is 2. The fraction of sp³-hybridized carbons (Fsp3) is 0.444. The zero-order valence-electron chi connectivity index (χ0n) is 21.0. The summed E-state index contributed by atoms with van der Waals surface area (Å²) in [5, 5.41) is 6.55. The van der Waals surface area contributed by atoms with E-state index in [1.165, 1.54) is 12.4 Å². The first-order chi connectivity index (χ1) is 18.0. The lowest BCUT2D eigenvalue weighted by molar-refractivity contribution is -0.126. The molecule has 2 heterocycles. The number of anilines is 2. The zero-order chi connectivity index (χ0) is 25.9. The van der Waals surface area contributed by atoms with Crippen LogP contribution in [0.4, 0.5) is 15.9 Å². The Hall–Kier alpha value is -3.17. The molecule has 10 heteroatoms. The number of hydrogen-bond acceptors (Lipinski definition) is 7. The molecule has 1 aliphatic carbocycles. The van der Waals surface area contributed by atoms with Gasteiger partial charge in [0, 0.05) is 24.5 Å². The van der Waals surface area contributed by atoms with Gasteiger partial charge in [0.25, 0.3) is 0 Å². The van der Waals surface area contributed by atoms with Crippen molar-refractivity contribution >= 4 is 39.9 Å². The molecule has 37 heavy (non-hydrogen) atoms. The number of fused-ring (bicyclic) bond motifs is 1. The summed E-state index contributed by atoms with van der Waals surface area (Å²) in [6, 6.07) is 8.77. The number of carbonyl (C=O) groups excluding carboxylic acids is 1. The molecule has 5 rings (SSSR count). The highest BCUT2D eigenvalue weighted by molar-refractivity contribution is 6.31. The summed E-state index contributed by atoms with van der Waals surface area (Å²) in [6.07, 6.45) is 7.12. The standard InChI is InChI=1S/C27H31ClFN5O3/c1-30-27(35)22-7-4-12-34(22)16-8-10-17(11-9-16)37-24-13-18-21(14-23(24)36-2)31-15-32-26(18)33-20-6-3-5-19(28)25(20)29/h3,5-6,13-17,22H,4,7-12H2,1-2H3,(H,30,35)(H,31,32,33)/t16?,17?,22-/m1/s1. The number of halogens is 2. The van der Waals surface area contributed by atoms with Crippen LogP contribution in [0.3, 0.4) is 0 Å². The summed E-state index contributed by atoms with van der Waals surface area (Å²) in [4.78, 5) is 23.4. The fourth-order valence-corrected chi connectivity index (χ4v) is 5.67. The Labute approximate surface area is 220 Å². The molecule has 0 bridgehead atoms. The SMILES string of the molecule is CNC(=O)[C@H]1CCCN1C1CCC(Oc2cc3c(Nc4cccc(Cl)c4F)ncnc3cc2OC)CC1. The van der Waals surface area contributed by atoms with Crippen molar-refractivity contribution in [1.29, 1.82) is 0 Å². The van der Waals surface area contributed by atoms with Gasteiger partial charge in [-0.2, -0.15) is 0 Å². The Balaban J connectivity index is 1.33. The van der Waals surface area contributed by atoms with Gasteiger partial charge in [-0.05, 0) is 63.3 Å². The molecule has 0 unspecified atom stereocenters. The lowest BCUT2D eigenvalue weighted by atomic mass is 9.91. The van der Waals surface area contributed by atoms with Gasteiger partial charge in [0.15, 0.2) is 17.3 Å². The van der Waals surface area contributed by atoms with Gasteiger partial charge in [0.05, 0.1) is 35.5 Å². The third-order valence-corrected chi connectivity index (χ3v) is 7.67. The molecule has 1 saturated carbocycles. The van der Waals surface area contributed by atoms with Crippen molar-refractivity contribution in [2.45, 2.75) is 56.7 Å². The molecule has 1 aliphatic heterocycles. The summed E-state index contributed by atoms with van der Waals surface area (Å²) in [5.41, 5.74) is 0.864. The van der Waals surface area contributed by atoms with Crippen LogP contribution >= 0.6 is 11.6 Å². The quantitative estimate of drug-likeness (QED) is 0.443. The van der Waals surface area contributed by atoms with E-state index >= 15 is 0 Å². The number of hydrogen-bond donors (Lipinski definition) is 2. The normalized spacial score (nSPS) is 22.1. The van der Waals surface area contributed by atoms with Crippen molar-refractivity contribution in [3.63, 3.8) is 0 Å². The van der Waals surface area contributed by atoms with Crippen LogP contribution in [-0.2, 0) is 4.79 Å². The van der Waals surface area contributed by atoms with Crippen LogP contribution in [0.25, 0.3) is 10.9 Å². The molecule has 1 atom stereocenters. The molecule has 1 aromatic heterocycles. The molecule has 3 aromatic rings. The van der Waals surface area contributed by atoms with Crippen molar-refractivity contribution in [3.8, 4) is 11.5 Å². The second-order valence-corrected chi connectivity index (χ2v) is 9.93. The number of benzene rings is 2. The van der Waals surface area contributed by atoms with E-state index in [-0.39, 0.29) is 28.8 Å². The number of carbonyl (C=O) groups is 1. The maximum atomic E-state index is 14.5. The summed E-state index contributed by atoms with van der Waals surface area (Å²) in [5.74, 6) is 1.17. The van der Waals surface area contributed by atoms with Crippen molar-refractivity contribution in [1.82, 2.24) is 20.2 Å². The van der Waals surface area contributed by atoms with Gasteiger partial charge < -0.3 is 20.1 Å². The number of amides is 1. The second-order valence-electron chi connectivity index (χ2n) is 9.53. The Bertz CT molecular complexity index is 1280. The monoisotopic (exact) mass is 527 g/mol. The van der Waals surface area contributed by atoms with Crippen LogP contribution in [0.5, 0.6) is 11.5 Å². The predicted octanol–water partition coefficient (Wildman–Crippen LogP) is 5.07. The molecule has 2 N–H and O–H groups in total. The van der Waals surface area contributed by atoms with Crippen LogP contribution in [0.2, 0.25) is 5.02 Å². The lowest BCUT2D eigenvalue weighted by Crippen LogP contribution is -2.48. The highest BCUT2D eigenvalue weighted by Crippen LogP contribution is 2.38. The van der Waals surface area contributed by atoms with E-state index in [0.29, 0.717) is 34.3 Å². The molecule has 0 spiro atoms. The van der Waals surface area contributed by atoms with Crippen LogP contribution in [0.1, 0.15) is 38.5 Å². The van der Waals surface area contributed by atoms with E-state index in [2.05, 4.69) is 25.5 Å². The molecule has 196 valence electrons. The van der Waals surface area contributed by atoms with Crippen molar-refractivity contribution in [2.75, 3.05) is 26.0 Å². The number of nitrogens with zero attached hydrogens (tertiary/aromatic N) is 3. The van der Waals surface area contributed by atoms with Gasteiger partial charge in [-0.1, -0.05) is 17.7 Å². The first kappa shape index (κ1) is 25.5. The van der Waals surface area contributed by atoms with Gasteiger partial charge in [-0.15, -0.1) is 0 Å². The van der Waals surface area contributed by atoms with Crippen molar-refractivity contribution in [2.24, 2.45) is 0 Å². The van der Waals surface area contributed by atoms with E-state index < -0.39 is 5.82 Å². The Morgan fingerprint density at radius 1 is 1.14 bits per heavy atom. The smallest absolute Gasteiger partial charge is 0.237 e.